The molecule has 14 heteroatoms. The summed E-state index contributed by atoms with van der Waals surface area (Å²) >= 11 is 10.7. The van der Waals surface area contributed by atoms with E-state index in [-0.39, 0.29) is 0 Å². The second-order valence-corrected chi connectivity index (χ2v) is 8.64. The van der Waals surface area contributed by atoms with E-state index in [4.69, 9.17) is 43.4 Å². The maximum Gasteiger partial charge on any atom is 0.201 e. The fourth-order valence-corrected chi connectivity index (χ4v) is 3.83. The van der Waals surface area contributed by atoms with Gasteiger partial charge in [-0.1, -0.05) is 0 Å². The Bertz CT molecular complexity index is 1070. The number of thiocarbonyl (C=S) groups is 2. The van der Waals surface area contributed by atoms with Crippen molar-refractivity contribution in [1.82, 2.24) is 31.7 Å². The maximum absolute atomic E-state index is 5.34. The van der Waals surface area contributed by atoms with Crippen LogP contribution < -0.4 is 40.7 Å². The van der Waals surface area contributed by atoms with Gasteiger partial charge in [0.15, 0.2) is 23.0 Å². The molecule has 1 saturated heterocycles. The third kappa shape index (κ3) is 8.69. The van der Waals surface area contributed by atoms with Gasteiger partial charge in [0, 0.05) is 26.2 Å². The summed E-state index contributed by atoms with van der Waals surface area (Å²) in [7, 11) is 6.36. The van der Waals surface area contributed by atoms with Gasteiger partial charge in [-0.05, 0) is 72.0 Å². The van der Waals surface area contributed by atoms with Crippen LogP contribution in [0.15, 0.2) is 46.6 Å². The lowest BCUT2D eigenvalue weighted by atomic mass is 10.2. The van der Waals surface area contributed by atoms with Gasteiger partial charge in [-0.15, -0.1) is 0 Å². The molecule has 0 aromatic heterocycles. The molecule has 1 heterocycles. The van der Waals surface area contributed by atoms with Gasteiger partial charge >= 0.3 is 0 Å². The second kappa shape index (κ2) is 14.9. The van der Waals surface area contributed by atoms with Crippen molar-refractivity contribution < 1.29 is 18.9 Å². The van der Waals surface area contributed by atoms with Crippen LogP contribution in [0, 0.1) is 0 Å². The number of nitrogens with one attached hydrogen (secondary N) is 4. The molecule has 0 spiro atoms. The largest absolute Gasteiger partial charge is 0.493 e. The van der Waals surface area contributed by atoms with E-state index in [2.05, 4.69) is 31.9 Å². The van der Waals surface area contributed by atoms with Crippen molar-refractivity contribution in [2.45, 2.75) is 0 Å². The summed E-state index contributed by atoms with van der Waals surface area (Å²) < 4.78 is 21.1. The molecule has 0 atom stereocenters. The number of methoxy groups -OCH3 is 4. The van der Waals surface area contributed by atoms with Crippen molar-refractivity contribution in [3.63, 3.8) is 0 Å². The van der Waals surface area contributed by atoms with Crippen molar-refractivity contribution in [2.75, 3.05) is 54.6 Å². The summed E-state index contributed by atoms with van der Waals surface area (Å²) in [6.45, 7) is 2.86. The lowest BCUT2D eigenvalue weighted by molar-refractivity contribution is 0.0936. The first-order valence-electron chi connectivity index (χ1n) is 11.6. The quantitative estimate of drug-likeness (QED) is 0.192. The highest BCUT2D eigenvalue weighted by Crippen LogP contribution is 2.27. The minimum Gasteiger partial charge on any atom is -0.493 e. The van der Waals surface area contributed by atoms with Gasteiger partial charge in [0.25, 0.3) is 0 Å². The molecule has 12 nitrogen and oxygen atoms in total. The molecule has 0 bridgehead atoms. The van der Waals surface area contributed by atoms with E-state index in [1.807, 2.05) is 46.4 Å². The van der Waals surface area contributed by atoms with E-state index in [0.29, 0.717) is 59.4 Å². The lowest BCUT2D eigenvalue weighted by Crippen LogP contribution is -2.59. The van der Waals surface area contributed by atoms with Crippen LogP contribution in [0.5, 0.6) is 23.0 Å². The normalized spacial score (nSPS) is 14.2. The highest BCUT2D eigenvalue weighted by Gasteiger charge is 2.18. The Morgan fingerprint density at radius 2 is 1.03 bits per heavy atom. The molecule has 0 saturated carbocycles. The number of ether oxygens (including phenoxy) is 4. The Balaban J connectivity index is 1.36. The van der Waals surface area contributed by atoms with E-state index in [9.17, 15) is 0 Å². The minimum absolute atomic E-state index is 0.393. The molecule has 38 heavy (non-hydrogen) atoms. The van der Waals surface area contributed by atoms with Crippen LogP contribution in [0.2, 0.25) is 0 Å². The second-order valence-electron chi connectivity index (χ2n) is 7.82. The monoisotopic (exact) mass is 560 g/mol. The Kier molecular flexibility index (Phi) is 11.3. The lowest BCUT2D eigenvalue weighted by Gasteiger charge is -2.35. The van der Waals surface area contributed by atoms with Crippen molar-refractivity contribution in [3.8, 4) is 23.0 Å². The number of hydrazine groups is 2. The fraction of sp³-hybridized carbons (Fsp3) is 0.333. The van der Waals surface area contributed by atoms with E-state index in [0.717, 1.165) is 11.1 Å². The molecule has 0 unspecified atom stereocenters. The van der Waals surface area contributed by atoms with Crippen LogP contribution in [0.4, 0.5) is 0 Å². The molecule has 2 aromatic rings. The Labute approximate surface area is 232 Å². The molecule has 4 N–H and O–H groups in total. The number of nitrogens with zero attached hydrogens (tertiary/aromatic N) is 4. The standard InChI is InChI=1S/C24H32N8O4S2/c1-33-19-7-5-17(13-21(19)35-3)15-25-27-23(37)29-31-9-11-32(12-10-31)30-24(38)28-26-16-18-6-8-20(34-2)22(14-18)36-4/h5-8,13-16H,9-12H2,1-4H3,(H2,27,29,37)(H2,28,30,38)/b25-15-,26-16+. The molecule has 2 aromatic carbocycles. The molecular weight excluding hydrogens is 528 g/mol. The van der Waals surface area contributed by atoms with Gasteiger partial charge in [0.1, 0.15) is 0 Å². The predicted octanol–water partition coefficient (Wildman–Crippen LogP) is 1.46. The number of rotatable bonds is 10. The van der Waals surface area contributed by atoms with Crippen LogP contribution in [-0.4, -0.2) is 87.3 Å². The molecular formula is C24H32N8O4S2. The Morgan fingerprint density at radius 1 is 0.658 bits per heavy atom. The number of hydrazone groups is 2. The maximum atomic E-state index is 5.34. The van der Waals surface area contributed by atoms with Gasteiger partial charge in [0.05, 0.1) is 40.9 Å². The van der Waals surface area contributed by atoms with Crippen molar-refractivity contribution in [2.24, 2.45) is 10.2 Å². The first-order valence-corrected chi connectivity index (χ1v) is 12.4. The third-order valence-electron chi connectivity index (χ3n) is 5.37. The molecule has 3 rings (SSSR count). The van der Waals surface area contributed by atoms with Gasteiger partial charge in [-0.25, -0.2) is 10.0 Å². The summed E-state index contributed by atoms with van der Waals surface area (Å²) in [6, 6.07) is 11.0. The van der Waals surface area contributed by atoms with Crippen LogP contribution in [0.25, 0.3) is 0 Å². The predicted molar refractivity (Wildman–Crippen MR) is 155 cm³/mol. The van der Waals surface area contributed by atoms with Crippen molar-refractivity contribution >= 4 is 47.1 Å². The Morgan fingerprint density at radius 3 is 1.37 bits per heavy atom. The zero-order valence-electron chi connectivity index (χ0n) is 21.7. The van der Waals surface area contributed by atoms with Crippen LogP contribution in [-0.2, 0) is 0 Å². The number of hydrogen-bond acceptors (Lipinski definition) is 10. The fourth-order valence-electron chi connectivity index (χ4n) is 3.46. The summed E-state index contributed by atoms with van der Waals surface area (Å²) in [5.41, 5.74) is 13.6. The smallest absolute Gasteiger partial charge is 0.201 e. The summed E-state index contributed by atoms with van der Waals surface area (Å²) in [4.78, 5) is 0. The van der Waals surface area contributed by atoms with Crippen molar-refractivity contribution in [3.05, 3.63) is 47.5 Å². The van der Waals surface area contributed by atoms with Gasteiger partial charge in [-0.3, -0.25) is 21.7 Å². The number of piperazine rings is 1. The summed E-state index contributed by atoms with van der Waals surface area (Å²) in [6.07, 6.45) is 3.30. The van der Waals surface area contributed by atoms with Crippen LogP contribution in [0.1, 0.15) is 11.1 Å². The van der Waals surface area contributed by atoms with Crippen LogP contribution in [0.3, 0.4) is 0 Å². The first-order chi connectivity index (χ1) is 18.4. The zero-order valence-corrected chi connectivity index (χ0v) is 23.3. The third-order valence-corrected chi connectivity index (χ3v) is 5.74. The summed E-state index contributed by atoms with van der Waals surface area (Å²) in [5, 5.41) is 13.2. The van der Waals surface area contributed by atoms with E-state index >= 15 is 0 Å². The molecule has 0 aliphatic carbocycles. The van der Waals surface area contributed by atoms with E-state index in [1.165, 1.54) is 0 Å². The Hall–Kier alpha value is -3.72. The highest BCUT2D eigenvalue weighted by atomic mass is 32.1. The molecule has 204 valence electrons. The molecule has 1 fully saturated rings. The molecule has 1 aliphatic rings. The van der Waals surface area contributed by atoms with Gasteiger partial charge in [0.2, 0.25) is 10.2 Å². The van der Waals surface area contributed by atoms with E-state index in [1.54, 1.807) is 40.9 Å². The minimum atomic E-state index is 0.393. The first kappa shape index (κ1) is 28.8. The number of hydrogen-bond donors (Lipinski definition) is 4. The molecule has 0 amide bonds. The number of benzene rings is 2. The topological polar surface area (TPSA) is 116 Å². The zero-order chi connectivity index (χ0) is 27.3. The average Bonchev–Trinajstić information content (AvgIpc) is 2.93. The van der Waals surface area contributed by atoms with Gasteiger partial charge < -0.3 is 18.9 Å². The van der Waals surface area contributed by atoms with E-state index < -0.39 is 0 Å². The molecule has 0 radical (unpaired) electrons. The van der Waals surface area contributed by atoms with Gasteiger partial charge in [-0.2, -0.15) is 10.2 Å². The SMILES string of the molecule is COc1ccc(/C=N\NC(=S)NN2CCN(NC(=S)N/N=C/c3ccc(OC)c(OC)c3)CC2)cc1OC. The van der Waals surface area contributed by atoms with Crippen molar-refractivity contribution in [1.29, 1.82) is 0 Å². The highest BCUT2D eigenvalue weighted by molar-refractivity contribution is 7.80. The average molecular weight is 561 g/mol. The van der Waals surface area contributed by atoms with Crippen LogP contribution >= 0.6 is 24.4 Å². The summed E-state index contributed by atoms with van der Waals surface area (Å²) in [5.74, 6) is 2.57. The molecule has 1 aliphatic heterocycles.